The SMILES string of the molecule is CCNC(Cc1ccc(Br)s1)CC1CCCCCC1. The second-order valence-corrected chi connectivity index (χ2v) is 8.31. The summed E-state index contributed by atoms with van der Waals surface area (Å²) >= 11 is 5.45. The highest BCUT2D eigenvalue weighted by atomic mass is 79.9. The van der Waals surface area contributed by atoms with Gasteiger partial charge in [0.25, 0.3) is 0 Å². The lowest BCUT2D eigenvalue weighted by molar-refractivity contribution is 0.354. The van der Waals surface area contributed by atoms with E-state index in [4.69, 9.17) is 0 Å². The lowest BCUT2D eigenvalue weighted by atomic mass is 9.91. The lowest BCUT2D eigenvalue weighted by Gasteiger charge is -2.23. The van der Waals surface area contributed by atoms with Gasteiger partial charge in [0.1, 0.15) is 0 Å². The van der Waals surface area contributed by atoms with Crippen LogP contribution >= 0.6 is 27.3 Å². The molecule has 0 bridgehead atoms. The molecular weight excluding hydrogens is 318 g/mol. The third kappa shape index (κ3) is 5.57. The molecule has 0 saturated heterocycles. The molecule has 1 unspecified atom stereocenters. The minimum absolute atomic E-state index is 0.665. The van der Waals surface area contributed by atoms with Crippen molar-refractivity contribution in [1.29, 1.82) is 0 Å². The average molecular weight is 344 g/mol. The molecule has 1 nitrogen and oxygen atoms in total. The Bertz CT molecular complexity index is 355. The van der Waals surface area contributed by atoms with Crippen molar-refractivity contribution in [3.63, 3.8) is 0 Å². The van der Waals surface area contributed by atoms with Crippen LogP contribution in [0.2, 0.25) is 0 Å². The zero-order chi connectivity index (χ0) is 13.5. The average Bonchev–Trinajstić information content (AvgIpc) is 2.64. The van der Waals surface area contributed by atoms with E-state index in [1.165, 1.54) is 60.0 Å². The molecule has 2 rings (SSSR count). The van der Waals surface area contributed by atoms with Crippen molar-refractivity contribution in [3.05, 3.63) is 20.8 Å². The first-order valence-electron chi connectivity index (χ1n) is 7.75. The molecule has 108 valence electrons. The second-order valence-electron chi connectivity index (χ2n) is 5.76. The van der Waals surface area contributed by atoms with Gasteiger partial charge < -0.3 is 5.32 Å². The maximum Gasteiger partial charge on any atom is 0.0701 e. The molecule has 1 aromatic rings. The van der Waals surface area contributed by atoms with Gasteiger partial charge in [-0.05, 0) is 53.4 Å². The van der Waals surface area contributed by atoms with Gasteiger partial charge in [0, 0.05) is 10.9 Å². The van der Waals surface area contributed by atoms with Crippen molar-refractivity contribution < 1.29 is 0 Å². The molecule has 1 aromatic heterocycles. The minimum Gasteiger partial charge on any atom is -0.314 e. The van der Waals surface area contributed by atoms with Gasteiger partial charge in [-0.25, -0.2) is 0 Å². The summed E-state index contributed by atoms with van der Waals surface area (Å²) in [6.07, 6.45) is 11.3. The third-order valence-corrected chi connectivity index (χ3v) is 5.81. The number of nitrogens with one attached hydrogen (secondary N) is 1. The highest BCUT2D eigenvalue weighted by Crippen LogP contribution is 2.29. The van der Waals surface area contributed by atoms with E-state index in [1.807, 2.05) is 11.3 Å². The van der Waals surface area contributed by atoms with Gasteiger partial charge in [-0.3, -0.25) is 0 Å². The van der Waals surface area contributed by atoms with Gasteiger partial charge >= 0.3 is 0 Å². The van der Waals surface area contributed by atoms with Gasteiger partial charge in [0.15, 0.2) is 0 Å². The van der Waals surface area contributed by atoms with Crippen molar-refractivity contribution in [2.45, 2.75) is 64.3 Å². The molecule has 0 amide bonds. The van der Waals surface area contributed by atoms with Crippen LogP contribution in [-0.2, 0) is 6.42 Å². The minimum atomic E-state index is 0.665. The van der Waals surface area contributed by atoms with Crippen molar-refractivity contribution in [3.8, 4) is 0 Å². The Kier molecular flexibility index (Phi) is 6.89. The monoisotopic (exact) mass is 343 g/mol. The second kappa shape index (κ2) is 8.43. The highest BCUT2D eigenvalue weighted by Gasteiger charge is 2.18. The van der Waals surface area contributed by atoms with Crippen LogP contribution in [-0.4, -0.2) is 12.6 Å². The van der Waals surface area contributed by atoms with E-state index >= 15 is 0 Å². The summed E-state index contributed by atoms with van der Waals surface area (Å²) in [5.74, 6) is 0.954. The molecule has 1 N–H and O–H groups in total. The molecule has 19 heavy (non-hydrogen) atoms. The fraction of sp³-hybridized carbons (Fsp3) is 0.750. The number of thiophene rings is 1. The maximum absolute atomic E-state index is 3.70. The molecule has 1 saturated carbocycles. The smallest absolute Gasteiger partial charge is 0.0701 e. The van der Waals surface area contributed by atoms with E-state index in [-0.39, 0.29) is 0 Å². The van der Waals surface area contributed by atoms with E-state index in [1.54, 1.807) is 0 Å². The first kappa shape index (κ1) is 15.5. The van der Waals surface area contributed by atoms with Crippen molar-refractivity contribution in [1.82, 2.24) is 5.32 Å². The fourth-order valence-corrected chi connectivity index (χ4v) is 4.80. The molecular formula is C16H26BrNS. The number of likely N-dealkylation sites (N-methyl/N-ethyl adjacent to an activating group) is 1. The Hall–Kier alpha value is 0.140. The largest absolute Gasteiger partial charge is 0.314 e. The van der Waals surface area contributed by atoms with Crippen LogP contribution in [0.15, 0.2) is 15.9 Å². The van der Waals surface area contributed by atoms with Crippen LogP contribution in [0.3, 0.4) is 0 Å². The number of halogens is 1. The van der Waals surface area contributed by atoms with Crippen LogP contribution in [0.25, 0.3) is 0 Å². The first-order chi connectivity index (χ1) is 9.28. The Balaban J connectivity index is 1.87. The first-order valence-corrected chi connectivity index (χ1v) is 9.36. The van der Waals surface area contributed by atoms with E-state index in [0.29, 0.717) is 6.04 Å². The lowest BCUT2D eigenvalue weighted by Crippen LogP contribution is -2.32. The molecule has 0 radical (unpaired) electrons. The molecule has 0 spiro atoms. The molecule has 1 aliphatic carbocycles. The summed E-state index contributed by atoms with van der Waals surface area (Å²) in [5.41, 5.74) is 0. The zero-order valence-corrected chi connectivity index (χ0v) is 14.4. The molecule has 3 heteroatoms. The van der Waals surface area contributed by atoms with E-state index in [2.05, 4.69) is 40.3 Å². The maximum atomic E-state index is 3.70. The summed E-state index contributed by atoms with van der Waals surface area (Å²) in [5, 5.41) is 3.70. The van der Waals surface area contributed by atoms with Gasteiger partial charge in [0.2, 0.25) is 0 Å². The summed E-state index contributed by atoms with van der Waals surface area (Å²) in [6.45, 7) is 3.31. The molecule has 0 aromatic carbocycles. The van der Waals surface area contributed by atoms with Gasteiger partial charge in [-0.1, -0.05) is 45.4 Å². The Labute approximate surface area is 130 Å². The predicted molar refractivity (Wildman–Crippen MR) is 89.0 cm³/mol. The fourth-order valence-electron chi connectivity index (χ4n) is 3.23. The highest BCUT2D eigenvalue weighted by molar-refractivity contribution is 9.11. The zero-order valence-electron chi connectivity index (χ0n) is 12.0. The number of hydrogen-bond acceptors (Lipinski definition) is 2. The summed E-state index contributed by atoms with van der Waals surface area (Å²) < 4.78 is 1.26. The Morgan fingerprint density at radius 1 is 1.26 bits per heavy atom. The van der Waals surface area contributed by atoms with Crippen LogP contribution in [0.1, 0.15) is 56.7 Å². The molecule has 1 fully saturated rings. The summed E-state index contributed by atoms with van der Waals surface area (Å²) in [4.78, 5) is 1.51. The number of rotatable bonds is 6. The molecule has 0 aliphatic heterocycles. The molecule has 1 heterocycles. The third-order valence-electron chi connectivity index (χ3n) is 4.16. The summed E-state index contributed by atoms with van der Waals surface area (Å²) in [7, 11) is 0. The van der Waals surface area contributed by atoms with Crippen molar-refractivity contribution >= 4 is 27.3 Å². The summed E-state index contributed by atoms with van der Waals surface area (Å²) in [6, 6.07) is 5.11. The standard InChI is InChI=1S/C16H26BrNS/c1-2-18-14(12-15-9-10-16(17)19-15)11-13-7-5-3-4-6-8-13/h9-10,13-14,18H,2-8,11-12H2,1H3. The van der Waals surface area contributed by atoms with Crippen LogP contribution < -0.4 is 5.32 Å². The van der Waals surface area contributed by atoms with Crippen LogP contribution in [0.5, 0.6) is 0 Å². The van der Waals surface area contributed by atoms with Crippen LogP contribution in [0, 0.1) is 5.92 Å². The predicted octanol–water partition coefficient (Wildman–Crippen LogP) is 5.39. The van der Waals surface area contributed by atoms with E-state index < -0.39 is 0 Å². The molecule has 1 aliphatic rings. The Morgan fingerprint density at radius 2 is 2.00 bits per heavy atom. The van der Waals surface area contributed by atoms with Crippen molar-refractivity contribution in [2.24, 2.45) is 5.92 Å². The van der Waals surface area contributed by atoms with E-state index in [9.17, 15) is 0 Å². The van der Waals surface area contributed by atoms with Gasteiger partial charge in [0.05, 0.1) is 3.79 Å². The topological polar surface area (TPSA) is 12.0 Å². The molecule has 1 atom stereocenters. The Morgan fingerprint density at radius 3 is 2.58 bits per heavy atom. The van der Waals surface area contributed by atoms with Gasteiger partial charge in [-0.15, -0.1) is 11.3 Å². The normalized spacial score (nSPS) is 19.3. The van der Waals surface area contributed by atoms with Crippen molar-refractivity contribution in [2.75, 3.05) is 6.54 Å². The number of hydrogen-bond donors (Lipinski definition) is 1. The quantitative estimate of drug-likeness (QED) is 0.682. The van der Waals surface area contributed by atoms with Crippen LogP contribution in [0.4, 0.5) is 0 Å². The van der Waals surface area contributed by atoms with Gasteiger partial charge in [-0.2, -0.15) is 0 Å². The van der Waals surface area contributed by atoms with E-state index in [0.717, 1.165) is 12.5 Å².